The molecule has 8 heteroatoms. The molecule has 1 N–H and O–H groups in total. The summed E-state index contributed by atoms with van der Waals surface area (Å²) >= 11 is 2.86. The highest BCUT2D eigenvalue weighted by Crippen LogP contribution is 2.29. The number of carbonyl (C=O) groups is 1. The molecule has 6 nitrogen and oxygen atoms in total. The molecule has 0 atom stereocenters. The fourth-order valence-electron chi connectivity index (χ4n) is 2.97. The first-order valence-electron chi connectivity index (χ1n) is 9.09. The normalized spacial score (nSPS) is 10.9. The lowest BCUT2D eigenvalue weighted by molar-refractivity contribution is 0.102. The summed E-state index contributed by atoms with van der Waals surface area (Å²) in [7, 11) is 1.64. The van der Waals surface area contributed by atoms with Crippen LogP contribution in [0.3, 0.4) is 0 Å². The highest BCUT2D eigenvalue weighted by atomic mass is 32.2. The standard InChI is InChI=1S/C20H24N4O2S2/c1-5-10-24-13(2)11-17(14(24)3)18(25)12-27-20-23-22-19(28-20)21-15-6-8-16(26-4)9-7-15/h6-9,11H,5,10,12H2,1-4H3,(H,21,22). The zero-order valence-corrected chi connectivity index (χ0v) is 18.1. The van der Waals surface area contributed by atoms with E-state index in [1.165, 1.54) is 23.1 Å². The van der Waals surface area contributed by atoms with Gasteiger partial charge in [0.25, 0.3) is 0 Å². The third-order valence-electron chi connectivity index (χ3n) is 4.40. The summed E-state index contributed by atoms with van der Waals surface area (Å²) in [6.45, 7) is 7.15. The fraction of sp³-hybridized carbons (Fsp3) is 0.350. The highest BCUT2D eigenvalue weighted by molar-refractivity contribution is 8.01. The topological polar surface area (TPSA) is 69.0 Å². The summed E-state index contributed by atoms with van der Waals surface area (Å²) in [4.78, 5) is 12.7. The smallest absolute Gasteiger partial charge is 0.210 e. The average Bonchev–Trinajstić information content (AvgIpc) is 3.26. The van der Waals surface area contributed by atoms with Gasteiger partial charge in [0, 0.05) is 29.2 Å². The van der Waals surface area contributed by atoms with Crippen LogP contribution in [0.15, 0.2) is 34.7 Å². The molecule has 0 saturated heterocycles. The number of nitrogens with zero attached hydrogens (tertiary/aromatic N) is 3. The van der Waals surface area contributed by atoms with Gasteiger partial charge in [-0.15, -0.1) is 10.2 Å². The summed E-state index contributed by atoms with van der Waals surface area (Å²) in [5.41, 5.74) is 3.89. The van der Waals surface area contributed by atoms with Crippen LogP contribution < -0.4 is 10.1 Å². The molecule has 0 aliphatic carbocycles. The van der Waals surface area contributed by atoms with Crippen LogP contribution in [0.1, 0.15) is 35.1 Å². The quantitative estimate of drug-likeness (QED) is 0.387. The second-order valence-electron chi connectivity index (χ2n) is 6.37. The molecule has 3 aromatic rings. The van der Waals surface area contributed by atoms with Gasteiger partial charge in [-0.1, -0.05) is 30.0 Å². The predicted molar refractivity (Wildman–Crippen MR) is 115 cm³/mol. The predicted octanol–water partition coefficient (Wildman–Crippen LogP) is 5.09. The summed E-state index contributed by atoms with van der Waals surface area (Å²) < 4.78 is 8.13. The molecular weight excluding hydrogens is 392 g/mol. The molecular formula is C20H24N4O2S2. The van der Waals surface area contributed by atoms with E-state index in [-0.39, 0.29) is 5.78 Å². The SMILES string of the molecule is CCCn1c(C)cc(C(=O)CSc2nnc(Nc3ccc(OC)cc3)s2)c1C. The van der Waals surface area contributed by atoms with Gasteiger partial charge in [-0.25, -0.2) is 0 Å². The van der Waals surface area contributed by atoms with E-state index in [0.29, 0.717) is 10.9 Å². The van der Waals surface area contributed by atoms with Crippen molar-refractivity contribution in [3.05, 3.63) is 47.3 Å². The van der Waals surface area contributed by atoms with Crippen molar-refractivity contribution in [1.29, 1.82) is 0 Å². The second kappa shape index (κ2) is 9.25. The number of rotatable bonds is 9. The van der Waals surface area contributed by atoms with Gasteiger partial charge in [-0.2, -0.15) is 0 Å². The Morgan fingerprint density at radius 3 is 2.68 bits per heavy atom. The number of ether oxygens (including phenoxy) is 1. The van der Waals surface area contributed by atoms with Crippen LogP contribution >= 0.6 is 23.1 Å². The Morgan fingerprint density at radius 2 is 2.00 bits per heavy atom. The van der Waals surface area contributed by atoms with E-state index in [0.717, 1.165) is 45.7 Å². The van der Waals surface area contributed by atoms with Crippen molar-refractivity contribution >= 4 is 39.7 Å². The number of hydrogen-bond donors (Lipinski definition) is 1. The average molecular weight is 417 g/mol. The molecule has 0 spiro atoms. The Hall–Kier alpha value is -2.32. The van der Waals surface area contributed by atoms with Gasteiger partial charge in [0.05, 0.1) is 12.9 Å². The molecule has 0 saturated carbocycles. The minimum Gasteiger partial charge on any atom is -0.497 e. The van der Waals surface area contributed by atoms with Crippen LogP contribution in [0.5, 0.6) is 5.75 Å². The van der Waals surface area contributed by atoms with Crippen molar-refractivity contribution in [3.8, 4) is 5.75 Å². The van der Waals surface area contributed by atoms with Crippen LogP contribution in [-0.4, -0.2) is 33.4 Å². The maximum absolute atomic E-state index is 12.7. The number of nitrogens with one attached hydrogen (secondary N) is 1. The lowest BCUT2D eigenvalue weighted by Gasteiger charge is -2.07. The zero-order chi connectivity index (χ0) is 20.1. The lowest BCUT2D eigenvalue weighted by atomic mass is 10.2. The Labute approximate surface area is 173 Å². The van der Waals surface area contributed by atoms with E-state index in [1.807, 2.05) is 37.3 Å². The minimum absolute atomic E-state index is 0.125. The Bertz CT molecular complexity index is 948. The summed E-state index contributed by atoms with van der Waals surface area (Å²) in [5, 5.41) is 12.2. The van der Waals surface area contributed by atoms with E-state index < -0.39 is 0 Å². The number of aromatic nitrogens is 3. The molecule has 0 fully saturated rings. The zero-order valence-electron chi connectivity index (χ0n) is 16.5. The molecule has 3 rings (SSSR count). The van der Waals surface area contributed by atoms with Crippen LogP contribution in [0.4, 0.5) is 10.8 Å². The second-order valence-corrected chi connectivity index (χ2v) is 8.57. The molecule has 2 heterocycles. The Morgan fingerprint density at radius 1 is 1.25 bits per heavy atom. The molecule has 0 unspecified atom stereocenters. The number of hydrogen-bond acceptors (Lipinski definition) is 7. The summed E-state index contributed by atoms with van der Waals surface area (Å²) in [5.74, 6) is 1.28. The first-order valence-corrected chi connectivity index (χ1v) is 10.9. The molecule has 1 aromatic carbocycles. The molecule has 0 amide bonds. The third-order valence-corrected chi connectivity index (χ3v) is 6.37. The minimum atomic E-state index is 0.125. The molecule has 0 aliphatic rings. The Kier molecular flexibility index (Phi) is 6.74. The number of ketones is 1. The number of Topliss-reactive ketones (excluding diaryl/α,β-unsaturated/α-hetero) is 1. The maximum atomic E-state index is 12.7. The molecule has 148 valence electrons. The summed E-state index contributed by atoms with van der Waals surface area (Å²) in [6, 6.07) is 9.59. The number of anilines is 2. The van der Waals surface area contributed by atoms with Gasteiger partial charge >= 0.3 is 0 Å². The van der Waals surface area contributed by atoms with Gasteiger partial charge < -0.3 is 14.6 Å². The van der Waals surface area contributed by atoms with Crippen LogP contribution in [0, 0.1) is 13.8 Å². The molecule has 0 radical (unpaired) electrons. The molecule has 0 aliphatic heterocycles. The first-order chi connectivity index (χ1) is 13.5. The lowest BCUT2D eigenvalue weighted by Crippen LogP contribution is -2.06. The molecule has 0 bridgehead atoms. The van der Waals surface area contributed by atoms with Crippen LogP contribution in [0.2, 0.25) is 0 Å². The van der Waals surface area contributed by atoms with Crippen molar-refractivity contribution in [2.45, 2.75) is 38.1 Å². The van der Waals surface area contributed by atoms with Crippen molar-refractivity contribution in [3.63, 3.8) is 0 Å². The van der Waals surface area contributed by atoms with E-state index in [9.17, 15) is 4.79 Å². The van der Waals surface area contributed by atoms with Gasteiger partial charge in [-0.05, 0) is 50.6 Å². The van der Waals surface area contributed by atoms with Gasteiger partial charge in [0.15, 0.2) is 10.1 Å². The Balaban J connectivity index is 1.59. The first kappa shape index (κ1) is 20.4. The van der Waals surface area contributed by atoms with Gasteiger partial charge in [0.2, 0.25) is 5.13 Å². The van der Waals surface area contributed by atoms with E-state index in [1.54, 1.807) is 7.11 Å². The molecule has 2 aromatic heterocycles. The van der Waals surface area contributed by atoms with Crippen LogP contribution in [0.25, 0.3) is 0 Å². The largest absolute Gasteiger partial charge is 0.497 e. The summed E-state index contributed by atoms with van der Waals surface area (Å²) in [6.07, 6.45) is 1.05. The third kappa shape index (κ3) is 4.74. The van der Waals surface area contributed by atoms with Crippen LogP contribution in [-0.2, 0) is 6.54 Å². The number of thioether (sulfide) groups is 1. The molecule has 28 heavy (non-hydrogen) atoms. The van der Waals surface area contributed by atoms with Crippen molar-refractivity contribution in [2.75, 3.05) is 18.2 Å². The van der Waals surface area contributed by atoms with E-state index >= 15 is 0 Å². The van der Waals surface area contributed by atoms with Crippen molar-refractivity contribution in [1.82, 2.24) is 14.8 Å². The number of methoxy groups -OCH3 is 1. The van der Waals surface area contributed by atoms with Gasteiger partial charge in [0.1, 0.15) is 5.75 Å². The monoisotopic (exact) mass is 416 g/mol. The maximum Gasteiger partial charge on any atom is 0.210 e. The number of aryl methyl sites for hydroxylation is 1. The fourth-order valence-corrected chi connectivity index (χ4v) is 4.63. The van der Waals surface area contributed by atoms with E-state index in [2.05, 4.69) is 33.9 Å². The van der Waals surface area contributed by atoms with E-state index in [4.69, 9.17) is 4.74 Å². The van der Waals surface area contributed by atoms with Crippen molar-refractivity contribution in [2.24, 2.45) is 0 Å². The number of benzene rings is 1. The highest BCUT2D eigenvalue weighted by Gasteiger charge is 2.16. The van der Waals surface area contributed by atoms with Crippen molar-refractivity contribution < 1.29 is 9.53 Å². The van der Waals surface area contributed by atoms with Gasteiger partial charge in [-0.3, -0.25) is 4.79 Å². The number of carbonyl (C=O) groups excluding carboxylic acids is 1.